The monoisotopic (exact) mass is 382 g/mol. The maximum Gasteiger partial charge on any atom is 0.0601 e. The van der Waals surface area contributed by atoms with Gasteiger partial charge in [0.15, 0.2) is 0 Å². The molecule has 0 aromatic rings. The molecule has 4 saturated carbocycles. The summed E-state index contributed by atoms with van der Waals surface area (Å²) in [6.07, 6.45) is 9.25. The van der Waals surface area contributed by atoms with Crippen LogP contribution in [0.3, 0.4) is 0 Å². The summed E-state index contributed by atoms with van der Waals surface area (Å²) in [7, 11) is 0. The molecule has 4 aliphatic rings. The highest BCUT2D eigenvalue weighted by Crippen LogP contribution is 2.68. The van der Waals surface area contributed by atoms with E-state index in [0.717, 1.165) is 36.0 Å². The van der Waals surface area contributed by atoms with E-state index in [1.807, 2.05) is 0 Å². The third kappa shape index (κ3) is 2.19. The standard InChI is InChI=1S/C21H35BrO/c1-12-9-14-5-6-15-16(21(14,4)18(23)10-12)7-8-20(3)17(15)11-13(2)19(20)22/h12-19,23H,5-11H2,1-4H3/t12?,13?,14?,15-,16-,17+,18?,19?,20+,21+/m1/s1. The zero-order valence-corrected chi connectivity index (χ0v) is 17.0. The minimum atomic E-state index is -0.0630. The molecule has 0 radical (unpaired) electrons. The molecule has 0 spiro atoms. The Morgan fingerprint density at radius 1 is 0.957 bits per heavy atom. The average Bonchev–Trinajstić information content (AvgIpc) is 2.73. The molecule has 0 heterocycles. The van der Waals surface area contributed by atoms with E-state index < -0.39 is 0 Å². The minimum Gasteiger partial charge on any atom is -0.393 e. The molecule has 0 aromatic heterocycles. The van der Waals surface area contributed by atoms with Gasteiger partial charge >= 0.3 is 0 Å². The first-order valence-electron chi connectivity index (χ1n) is 10.1. The Kier molecular flexibility index (Phi) is 4.01. The van der Waals surface area contributed by atoms with E-state index in [1.54, 1.807) is 0 Å². The topological polar surface area (TPSA) is 20.2 Å². The molecule has 132 valence electrons. The van der Waals surface area contributed by atoms with Gasteiger partial charge in [0.1, 0.15) is 0 Å². The Labute approximate surface area is 151 Å². The van der Waals surface area contributed by atoms with Crippen LogP contribution >= 0.6 is 15.9 Å². The minimum absolute atomic E-state index is 0.0630. The van der Waals surface area contributed by atoms with Gasteiger partial charge in [-0.25, -0.2) is 0 Å². The van der Waals surface area contributed by atoms with E-state index >= 15 is 0 Å². The normalized spacial score (nSPS) is 62.3. The van der Waals surface area contributed by atoms with Gasteiger partial charge in [-0.1, -0.05) is 43.6 Å². The predicted molar refractivity (Wildman–Crippen MR) is 99.5 cm³/mol. The average molecular weight is 383 g/mol. The maximum absolute atomic E-state index is 11.1. The van der Waals surface area contributed by atoms with Gasteiger partial charge in [0.25, 0.3) is 0 Å². The van der Waals surface area contributed by atoms with Crippen LogP contribution in [0.2, 0.25) is 0 Å². The smallest absolute Gasteiger partial charge is 0.0601 e. The summed E-state index contributed by atoms with van der Waals surface area (Å²) in [6.45, 7) is 9.83. The van der Waals surface area contributed by atoms with Crippen LogP contribution < -0.4 is 0 Å². The Balaban J connectivity index is 1.66. The molecular formula is C21H35BrO. The molecule has 0 amide bonds. The molecule has 0 bridgehead atoms. The number of fused-ring (bicyclic) bond motifs is 5. The fraction of sp³-hybridized carbons (Fsp3) is 1.00. The Morgan fingerprint density at radius 3 is 2.43 bits per heavy atom. The number of halogens is 1. The van der Waals surface area contributed by atoms with Crippen LogP contribution in [0.25, 0.3) is 0 Å². The quantitative estimate of drug-likeness (QED) is 0.536. The van der Waals surface area contributed by atoms with Crippen LogP contribution in [0.15, 0.2) is 0 Å². The summed E-state index contributed by atoms with van der Waals surface area (Å²) in [5, 5.41) is 11.1. The van der Waals surface area contributed by atoms with Crippen LogP contribution in [0.4, 0.5) is 0 Å². The zero-order chi connectivity index (χ0) is 16.6. The van der Waals surface area contributed by atoms with Gasteiger partial charge in [-0.05, 0) is 91.3 Å². The fourth-order valence-corrected chi connectivity index (χ4v) is 8.67. The van der Waals surface area contributed by atoms with Crippen molar-refractivity contribution in [1.29, 1.82) is 0 Å². The molecule has 4 fully saturated rings. The second-order valence-electron chi connectivity index (χ2n) is 10.3. The highest BCUT2D eigenvalue weighted by molar-refractivity contribution is 9.09. The summed E-state index contributed by atoms with van der Waals surface area (Å²) >= 11 is 4.07. The lowest BCUT2D eigenvalue weighted by Gasteiger charge is -2.62. The largest absolute Gasteiger partial charge is 0.393 e. The lowest BCUT2D eigenvalue weighted by molar-refractivity contribution is -0.167. The first-order valence-corrected chi connectivity index (χ1v) is 11.0. The third-order valence-corrected chi connectivity index (χ3v) is 11.1. The molecule has 4 aliphatic carbocycles. The predicted octanol–water partition coefficient (Wildman–Crippen LogP) is 5.65. The van der Waals surface area contributed by atoms with Crippen molar-refractivity contribution in [2.75, 3.05) is 0 Å². The number of hydrogen-bond acceptors (Lipinski definition) is 1. The maximum atomic E-state index is 11.1. The van der Waals surface area contributed by atoms with Gasteiger partial charge in [0.05, 0.1) is 6.10 Å². The first kappa shape index (κ1) is 16.9. The van der Waals surface area contributed by atoms with Crippen LogP contribution in [-0.4, -0.2) is 16.0 Å². The van der Waals surface area contributed by atoms with E-state index in [4.69, 9.17) is 0 Å². The SMILES string of the molecule is CC1CC(O)[C@@]2(C)C(CC[C@@H]3[C@H]2CC[C@]2(C)C(Br)C(C)C[C@@H]32)C1. The molecule has 0 saturated heterocycles. The molecule has 4 rings (SSSR count). The molecule has 1 nitrogen and oxygen atoms in total. The van der Waals surface area contributed by atoms with E-state index in [9.17, 15) is 5.11 Å². The summed E-state index contributed by atoms with van der Waals surface area (Å²) in [4.78, 5) is 0.697. The van der Waals surface area contributed by atoms with Gasteiger partial charge in [-0.3, -0.25) is 0 Å². The van der Waals surface area contributed by atoms with E-state index in [1.165, 1.54) is 38.5 Å². The van der Waals surface area contributed by atoms with Crippen LogP contribution in [0.1, 0.15) is 72.6 Å². The van der Waals surface area contributed by atoms with Crippen molar-refractivity contribution in [2.45, 2.75) is 83.6 Å². The third-order valence-electron chi connectivity index (χ3n) is 9.19. The van der Waals surface area contributed by atoms with Crippen molar-refractivity contribution < 1.29 is 5.11 Å². The number of hydrogen-bond donors (Lipinski definition) is 1. The van der Waals surface area contributed by atoms with Gasteiger partial charge < -0.3 is 5.11 Å². The van der Waals surface area contributed by atoms with Crippen molar-refractivity contribution in [3.8, 4) is 0 Å². The zero-order valence-electron chi connectivity index (χ0n) is 15.4. The highest BCUT2D eigenvalue weighted by atomic mass is 79.9. The lowest BCUT2D eigenvalue weighted by Crippen LogP contribution is -2.58. The summed E-state index contributed by atoms with van der Waals surface area (Å²) in [5.41, 5.74) is 0.696. The second-order valence-corrected chi connectivity index (χ2v) is 11.3. The molecule has 5 unspecified atom stereocenters. The summed E-state index contributed by atoms with van der Waals surface area (Å²) < 4.78 is 0. The van der Waals surface area contributed by atoms with Gasteiger partial charge in [0, 0.05) is 4.83 Å². The molecule has 23 heavy (non-hydrogen) atoms. The number of aliphatic hydroxyl groups excluding tert-OH is 1. The van der Waals surface area contributed by atoms with Crippen molar-refractivity contribution in [1.82, 2.24) is 0 Å². The van der Waals surface area contributed by atoms with Crippen LogP contribution in [-0.2, 0) is 0 Å². The van der Waals surface area contributed by atoms with E-state index in [2.05, 4.69) is 43.6 Å². The molecule has 0 aromatic carbocycles. The molecule has 1 N–H and O–H groups in total. The van der Waals surface area contributed by atoms with E-state index in [-0.39, 0.29) is 11.5 Å². The molecule has 10 atom stereocenters. The number of aliphatic hydroxyl groups is 1. The Hall–Kier alpha value is 0.440. The van der Waals surface area contributed by atoms with Crippen LogP contribution in [0, 0.1) is 46.3 Å². The van der Waals surface area contributed by atoms with Crippen molar-refractivity contribution in [2.24, 2.45) is 46.3 Å². The van der Waals surface area contributed by atoms with Crippen molar-refractivity contribution in [3.05, 3.63) is 0 Å². The van der Waals surface area contributed by atoms with Crippen molar-refractivity contribution >= 4 is 15.9 Å². The molecule has 2 heteroatoms. The lowest BCUT2D eigenvalue weighted by atomic mass is 9.44. The Morgan fingerprint density at radius 2 is 1.70 bits per heavy atom. The second kappa shape index (κ2) is 5.47. The fourth-order valence-electron chi connectivity index (χ4n) is 7.88. The first-order chi connectivity index (χ1) is 10.8. The van der Waals surface area contributed by atoms with Gasteiger partial charge in [-0.15, -0.1) is 0 Å². The summed E-state index contributed by atoms with van der Waals surface area (Å²) in [5.74, 6) is 4.81. The summed E-state index contributed by atoms with van der Waals surface area (Å²) in [6, 6.07) is 0. The van der Waals surface area contributed by atoms with E-state index in [0.29, 0.717) is 16.2 Å². The highest BCUT2D eigenvalue weighted by Gasteiger charge is 2.62. The number of alkyl halides is 1. The Bertz CT molecular complexity index is 478. The number of rotatable bonds is 0. The van der Waals surface area contributed by atoms with Gasteiger partial charge in [0.2, 0.25) is 0 Å². The molecular weight excluding hydrogens is 348 g/mol. The van der Waals surface area contributed by atoms with Crippen molar-refractivity contribution in [3.63, 3.8) is 0 Å². The van der Waals surface area contributed by atoms with Crippen LogP contribution in [0.5, 0.6) is 0 Å². The molecule has 0 aliphatic heterocycles. The van der Waals surface area contributed by atoms with Gasteiger partial charge in [-0.2, -0.15) is 0 Å².